The molecule has 0 aromatic heterocycles. The second-order valence-corrected chi connectivity index (χ2v) is 7.93. The first kappa shape index (κ1) is 15.5. The highest BCUT2D eigenvalue weighted by Gasteiger charge is 2.34. The maximum atomic E-state index is 12.6. The zero-order valence-electron chi connectivity index (χ0n) is 9.94. The lowest BCUT2D eigenvalue weighted by Gasteiger charge is -2.32. The Morgan fingerprint density at radius 1 is 1.26 bits per heavy atom. The van der Waals surface area contributed by atoms with Crippen LogP contribution in [0.25, 0.3) is 0 Å². The SMILES string of the molecule is NC1CCCCN1S(=O)(=O)c1c(Cl)cc(Br)cc1Cl. The molecule has 2 rings (SSSR count). The van der Waals surface area contributed by atoms with Gasteiger partial charge in [0.05, 0.1) is 16.2 Å². The van der Waals surface area contributed by atoms with Gasteiger partial charge in [-0.1, -0.05) is 39.1 Å². The van der Waals surface area contributed by atoms with E-state index in [1.165, 1.54) is 16.4 Å². The van der Waals surface area contributed by atoms with Gasteiger partial charge >= 0.3 is 0 Å². The summed E-state index contributed by atoms with van der Waals surface area (Å²) in [5, 5.41) is 0.189. The molecule has 1 fully saturated rings. The van der Waals surface area contributed by atoms with Gasteiger partial charge in [0.15, 0.2) is 0 Å². The number of halogens is 3. The summed E-state index contributed by atoms with van der Waals surface area (Å²) in [7, 11) is -3.77. The number of nitrogens with zero attached hydrogens (tertiary/aromatic N) is 1. The van der Waals surface area contributed by atoms with Crippen LogP contribution in [0.5, 0.6) is 0 Å². The summed E-state index contributed by atoms with van der Waals surface area (Å²) in [6.07, 6.45) is 1.84. The van der Waals surface area contributed by atoms with Crippen molar-refractivity contribution in [1.82, 2.24) is 4.31 Å². The number of sulfonamides is 1. The highest BCUT2D eigenvalue weighted by atomic mass is 79.9. The van der Waals surface area contributed by atoms with E-state index in [-0.39, 0.29) is 14.9 Å². The van der Waals surface area contributed by atoms with Crippen LogP contribution in [0.3, 0.4) is 0 Å². The van der Waals surface area contributed by atoms with Crippen molar-refractivity contribution in [3.05, 3.63) is 26.7 Å². The van der Waals surface area contributed by atoms with Crippen molar-refractivity contribution in [2.24, 2.45) is 5.73 Å². The van der Waals surface area contributed by atoms with Gasteiger partial charge in [-0.2, -0.15) is 4.31 Å². The standard InChI is InChI=1S/C11H13BrCl2N2O2S/c12-7-5-8(13)11(9(14)6-7)19(17,18)16-4-2-1-3-10(16)15/h5-6,10H,1-4,15H2. The molecule has 2 N–H and O–H groups in total. The van der Waals surface area contributed by atoms with Gasteiger partial charge in [0.1, 0.15) is 4.90 Å². The predicted molar refractivity (Wildman–Crippen MR) is 79.9 cm³/mol. The molecule has 1 aliphatic rings. The average molecular weight is 388 g/mol. The Labute approximate surface area is 131 Å². The van der Waals surface area contributed by atoms with Gasteiger partial charge in [-0.15, -0.1) is 0 Å². The van der Waals surface area contributed by atoms with Crippen LogP contribution in [-0.4, -0.2) is 25.4 Å². The average Bonchev–Trinajstić information content (AvgIpc) is 2.27. The fourth-order valence-electron chi connectivity index (χ4n) is 2.12. The van der Waals surface area contributed by atoms with Crippen molar-refractivity contribution in [3.63, 3.8) is 0 Å². The Morgan fingerprint density at radius 2 is 1.84 bits per heavy atom. The Morgan fingerprint density at radius 3 is 2.37 bits per heavy atom. The molecule has 0 saturated carbocycles. The molecule has 106 valence electrons. The molecule has 1 unspecified atom stereocenters. The van der Waals surface area contributed by atoms with Crippen molar-refractivity contribution in [1.29, 1.82) is 0 Å². The van der Waals surface area contributed by atoms with Gasteiger partial charge in [-0.05, 0) is 31.4 Å². The summed E-state index contributed by atoms with van der Waals surface area (Å²) in [5.41, 5.74) is 5.88. The first-order valence-electron chi connectivity index (χ1n) is 5.76. The van der Waals surface area contributed by atoms with Crippen LogP contribution in [0.4, 0.5) is 0 Å². The van der Waals surface area contributed by atoms with E-state index in [2.05, 4.69) is 15.9 Å². The van der Waals surface area contributed by atoms with Crippen LogP contribution in [0.2, 0.25) is 10.0 Å². The first-order chi connectivity index (χ1) is 8.84. The Hall–Kier alpha value is 0.150. The number of piperidine rings is 1. The third kappa shape index (κ3) is 3.09. The molecule has 0 spiro atoms. The first-order valence-corrected chi connectivity index (χ1v) is 8.75. The number of hydrogen-bond acceptors (Lipinski definition) is 3. The van der Waals surface area contributed by atoms with Gasteiger partial charge < -0.3 is 5.73 Å². The van der Waals surface area contributed by atoms with Gasteiger partial charge in [0.25, 0.3) is 0 Å². The smallest absolute Gasteiger partial charge is 0.247 e. The summed E-state index contributed by atoms with van der Waals surface area (Å²) in [5.74, 6) is 0. The molecule has 8 heteroatoms. The lowest BCUT2D eigenvalue weighted by Crippen LogP contribution is -2.48. The van der Waals surface area contributed by atoms with E-state index in [9.17, 15) is 8.42 Å². The van der Waals surface area contributed by atoms with Gasteiger partial charge in [-0.3, -0.25) is 0 Å². The second kappa shape index (κ2) is 5.87. The lowest BCUT2D eigenvalue weighted by atomic mass is 10.1. The molecule has 19 heavy (non-hydrogen) atoms. The van der Waals surface area contributed by atoms with Crippen molar-refractivity contribution in [3.8, 4) is 0 Å². The van der Waals surface area contributed by atoms with Crippen LogP contribution >= 0.6 is 39.1 Å². The molecular formula is C11H13BrCl2N2O2S. The Balaban J connectivity index is 2.50. The van der Waals surface area contributed by atoms with E-state index in [1.807, 2.05) is 0 Å². The van der Waals surface area contributed by atoms with Crippen molar-refractivity contribution in [2.45, 2.75) is 30.3 Å². The molecule has 1 atom stereocenters. The molecule has 4 nitrogen and oxygen atoms in total. The summed E-state index contributed by atoms with van der Waals surface area (Å²) in [6.45, 7) is 0.395. The molecule has 1 aromatic carbocycles. The third-order valence-electron chi connectivity index (χ3n) is 3.03. The van der Waals surface area contributed by atoms with Gasteiger partial charge in [0, 0.05) is 11.0 Å². The van der Waals surface area contributed by atoms with Crippen molar-refractivity contribution >= 4 is 49.2 Å². The van der Waals surface area contributed by atoms with Gasteiger partial charge in [-0.25, -0.2) is 8.42 Å². The lowest BCUT2D eigenvalue weighted by molar-refractivity contribution is 0.258. The van der Waals surface area contributed by atoms with Crippen LogP contribution in [0.1, 0.15) is 19.3 Å². The molecule has 0 radical (unpaired) electrons. The number of benzene rings is 1. The molecule has 1 saturated heterocycles. The largest absolute Gasteiger partial charge is 0.315 e. The zero-order chi connectivity index (χ0) is 14.2. The summed E-state index contributed by atoms with van der Waals surface area (Å²) in [6, 6.07) is 3.02. The quantitative estimate of drug-likeness (QED) is 0.847. The summed E-state index contributed by atoms with van der Waals surface area (Å²) in [4.78, 5) is -0.0728. The predicted octanol–water partition coefficient (Wildman–Crippen LogP) is 3.22. The molecule has 1 aromatic rings. The molecule has 1 aliphatic heterocycles. The van der Waals surface area contributed by atoms with E-state index in [1.54, 1.807) is 0 Å². The van der Waals surface area contributed by atoms with E-state index in [0.717, 1.165) is 12.8 Å². The monoisotopic (exact) mass is 386 g/mol. The zero-order valence-corrected chi connectivity index (χ0v) is 13.9. The van der Waals surface area contributed by atoms with Crippen molar-refractivity contribution < 1.29 is 8.42 Å². The highest BCUT2D eigenvalue weighted by molar-refractivity contribution is 9.10. The minimum Gasteiger partial charge on any atom is -0.315 e. The molecule has 0 amide bonds. The Bertz CT molecular complexity index is 571. The van der Waals surface area contributed by atoms with E-state index in [0.29, 0.717) is 17.4 Å². The fraction of sp³-hybridized carbons (Fsp3) is 0.455. The molecule has 0 aliphatic carbocycles. The van der Waals surface area contributed by atoms with Crippen LogP contribution in [0, 0.1) is 0 Å². The number of rotatable bonds is 2. The van der Waals surface area contributed by atoms with Gasteiger partial charge in [0.2, 0.25) is 10.0 Å². The second-order valence-electron chi connectivity index (χ2n) is 4.38. The van der Waals surface area contributed by atoms with E-state index >= 15 is 0 Å². The third-order valence-corrected chi connectivity index (χ3v) is 6.33. The number of hydrogen-bond donors (Lipinski definition) is 1. The van der Waals surface area contributed by atoms with Crippen molar-refractivity contribution in [2.75, 3.05) is 6.54 Å². The summed E-state index contributed by atoms with van der Waals surface area (Å²) < 4.78 is 27.1. The normalized spacial score (nSPS) is 21.6. The highest BCUT2D eigenvalue weighted by Crippen LogP contribution is 2.36. The van der Waals surface area contributed by atoms with E-state index in [4.69, 9.17) is 28.9 Å². The number of nitrogens with two attached hydrogens (primary N) is 1. The maximum Gasteiger partial charge on any atom is 0.247 e. The van der Waals surface area contributed by atoms with E-state index < -0.39 is 16.2 Å². The minimum atomic E-state index is -3.77. The van der Waals surface area contributed by atoms with Crippen LogP contribution in [-0.2, 0) is 10.0 Å². The van der Waals surface area contributed by atoms with Crippen LogP contribution in [0.15, 0.2) is 21.5 Å². The molecule has 1 heterocycles. The molecule has 0 bridgehead atoms. The topological polar surface area (TPSA) is 63.4 Å². The van der Waals surface area contributed by atoms with Crippen LogP contribution < -0.4 is 5.73 Å². The Kier molecular flexibility index (Phi) is 4.80. The molecular weight excluding hydrogens is 375 g/mol. The summed E-state index contributed by atoms with van der Waals surface area (Å²) >= 11 is 15.3. The maximum absolute atomic E-state index is 12.6. The minimum absolute atomic E-state index is 0.0728. The fourth-order valence-corrected chi connectivity index (χ4v) is 5.59.